The maximum atomic E-state index is 11.2. The van der Waals surface area contributed by atoms with E-state index in [0.717, 1.165) is 6.92 Å². The molecule has 1 atom stereocenters. The van der Waals surface area contributed by atoms with E-state index >= 15 is 0 Å². The quantitative estimate of drug-likeness (QED) is 0.285. The molecule has 0 heterocycles. The van der Waals surface area contributed by atoms with Gasteiger partial charge in [-0.1, -0.05) is 12.7 Å². The Morgan fingerprint density at radius 1 is 1.50 bits per heavy atom. The fraction of sp³-hybridized carbons (Fsp3) is 0.444. The predicted octanol–water partition coefficient (Wildman–Crippen LogP) is 0.729. The Bertz CT molecular complexity index is 260. The first-order valence-electron chi connectivity index (χ1n) is 3.91. The van der Waals surface area contributed by atoms with Gasteiger partial charge in [-0.2, -0.15) is 0 Å². The van der Waals surface area contributed by atoms with E-state index in [4.69, 9.17) is 11.6 Å². The summed E-state index contributed by atoms with van der Waals surface area (Å²) in [5, 5.41) is 0. The molecule has 0 bridgehead atoms. The van der Waals surface area contributed by atoms with Gasteiger partial charge < -0.3 is 4.74 Å². The van der Waals surface area contributed by atoms with E-state index in [0.29, 0.717) is 0 Å². The fourth-order valence-electron chi connectivity index (χ4n) is 0.826. The maximum Gasteiger partial charge on any atom is 0.324 e. The van der Waals surface area contributed by atoms with Crippen LogP contribution in [0.2, 0.25) is 0 Å². The van der Waals surface area contributed by atoms with Crippen LogP contribution in [0.1, 0.15) is 6.92 Å². The standard InChI is InChI=1S/C9H11ClO4/c1-3-4-14-9(13)8(6(2)11)7(12)5-10/h3,8H,1,4-5H2,2H3. The highest BCUT2D eigenvalue weighted by molar-refractivity contribution is 6.32. The van der Waals surface area contributed by atoms with Gasteiger partial charge >= 0.3 is 5.97 Å². The van der Waals surface area contributed by atoms with Crippen LogP contribution in [-0.2, 0) is 19.1 Å². The van der Waals surface area contributed by atoms with Gasteiger partial charge in [0.1, 0.15) is 6.61 Å². The van der Waals surface area contributed by atoms with Crippen LogP contribution in [0.3, 0.4) is 0 Å². The molecule has 0 aromatic heterocycles. The van der Waals surface area contributed by atoms with Gasteiger partial charge in [0.05, 0.1) is 5.88 Å². The summed E-state index contributed by atoms with van der Waals surface area (Å²) in [5.41, 5.74) is 0. The molecule has 0 saturated heterocycles. The van der Waals surface area contributed by atoms with E-state index in [9.17, 15) is 14.4 Å². The molecule has 5 heteroatoms. The molecule has 0 N–H and O–H groups in total. The van der Waals surface area contributed by atoms with Crippen LogP contribution >= 0.6 is 11.6 Å². The summed E-state index contributed by atoms with van der Waals surface area (Å²) in [6, 6.07) is 0. The Hall–Kier alpha value is -1.16. The first-order chi connectivity index (χ1) is 6.54. The highest BCUT2D eigenvalue weighted by Gasteiger charge is 2.31. The Balaban J connectivity index is 4.49. The minimum absolute atomic E-state index is 0.0296. The van der Waals surface area contributed by atoms with Gasteiger partial charge in [-0.25, -0.2) is 0 Å². The second-order valence-corrected chi connectivity index (χ2v) is 2.83. The van der Waals surface area contributed by atoms with Gasteiger partial charge in [-0.3, -0.25) is 14.4 Å². The lowest BCUT2D eigenvalue weighted by Crippen LogP contribution is -2.32. The molecular formula is C9H11ClO4. The van der Waals surface area contributed by atoms with Crippen LogP contribution in [0.4, 0.5) is 0 Å². The highest BCUT2D eigenvalue weighted by atomic mass is 35.5. The zero-order chi connectivity index (χ0) is 11.1. The summed E-state index contributed by atoms with van der Waals surface area (Å²) in [7, 11) is 0. The second kappa shape index (κ2) is 6.32. The molecule has 1 unspecified atom stereocenters. The molecule has 0 radical (unpaired) electrons. The van der Waals surface area contributed by atoms with E-state index in [1.165, 1.54) is 6.08 Å². The Morgan fingerprint density at radius 2 is 2.07 bits per heavy atom. The van der Waals surface area contributed by atoms with Crippen molar-refractivity contribution in [1.29, 1.82) is 0 Å². The SMILES string of the molecule is C=CCOC(=O)C(C(C)=O)C(=O)CCl. The van der Waals surface area contributed by atoms with Crippen molar-refractivity contribution in [3.63, 3.8) is 0 Å². The lowest BCUT2D eigenvalue weighted by molar-refractivity contribution is -0.153. The molecule has 0 aromatic rings. The molecule has 0 aliphatic heterocycles. The minimum Gasteiger partial charge on any atom is -0.461 e. The number of ketones is 2. The molecule has 78 valence electrons. The van der Waals surface area contributed by atoms with E-state index in [1.807, 2.05) is 0 Å². The number of Topliss-reactive ketones (excluding diaryl/α,β-unsaturated/α-hetero) is 2. The molecule has 0 aliphatic rings. The molecule has 0 saturated carbocycles. The summed E-state index contributed by atoms with van der Waals surface area (Å²) in [6.07, 6.45) is 1.35. The Morgan fingerprint density at radius 3 is 2.43 bits per heavy atom. The topological polar surface area (TPSA) is 60.4 Å². The molecule has 0 aliphatic carbocycles. The van der Waals surface area contributed by atoms with Crippen molar-refractivity contribution in [3.05, 3.63) is 12.7 Å². The molecule has 0 fully saturated rings. The fourth-order valence-corrected chi connectivity index (χ4v) is 0.980. The third-order valence-electron chi connectivity index (χ3n) is 1.44. The number of carbonyl (C=O) groups is 3. The average molecular weight is 219 g/mol. The number of alkyl halides is 1. The van der Waals surface area contributed by atoms with Gasteiger partial charge in [-0.15, -0.1) is 11.6 Å². The van der Waals surface area contributed by atoms with Crippen molar-refractivity contribution >= 4 is 29.1 Å². The molecule has 0 amide bonds. The lowest BCUT2D eigenvalue weighted by Gasteiger charge is -2.09. The first kappa shape index (κ1) is 12.8. The van der Waals surface area contributed by atoms with Gasteiger partial charge in [0, 0.05) is 0 Å². The zero-order valence-corrected chi connectivity index (χ0v) is 8.54. The number of hydrogen-bond donors (Lipinski definition) is 0. The Labute approximate surface area is 86.9 Å². The molecular weight excluding hydrogens is 208 g/mol. The molecule has 0 rings (SSSR count). The van der Waals surface area contributed by atoms with E-state index in [2.05, 4.69) is 11.3 Å². The normalized spacial score (nSPS) is 11.6. The number of halogens is 1. The Kier molecular flexibility index (Phi) is 5.79. The van der Waals surface area contributed by atoms with Crippen molar-refractivity contribution in [2.45, 2.75) is 6.92 Å². The van der Waals surface area contributed by atoms with Crippen LogP contribution in [0.25, 0.3) is 0 Å². The molecule has 0 spiro atoms. The number of ether oxygens (including phenoxy) is 1. The van der Waals surface area contributed by atoms with Gasteiger partial charge in [0.2, 0.25) is 0 Å². The van der Waals surface area contributed by atoms with Crippen molar-refractivity contribution in [3.8, 4) is 0 Å². The predicted molar refractivity (Wildman–Crippen MR) is 51.1 cm³/mol. The summed E-state index contributed by atoms with van der Waals surface area (Å²) in [6.45, 7) is 4.44. The van der Waals surface area contributed by atoms with E-state index in [-0.39, 0.29) is 12.5 Å². The van der Waals surface area contributed by atoms with Crippen LogP contribution < -0.4 is 0 Å². The largest absolute Gasteiger partial charge is 0.461 e. The number of esters is 1. The first-order valence-corrected chi connectivity index (χ1v) is 4.44. The highest BCUT2D eigenvalue weighted by Crippen LogP contribution is 2.05. The van der Waals surface area contributed by atoms with E-state index in [1.54, 1.807) is 0 Å². The lowest BCUT2D eigenvalue weighted by atomic mass is 10.0. The van der Waals surface area contributed by atoms with Gasteiger partial charge in [0.25, 0.3) is 0 Å². The van der Waals surface area contributed by atoms with Crippen molar-refractivity contribution in [2.24, 2.45) is 5.92 Å². The number of hydrogen-bond acceptors (Lipinski definition) is 4. The number of rotatable bonds is 6. The van der Waals surface area contributed by atoms with Gasteiger partial charge in [-0.05, 0) is 6.92 Å². The number of carbonyl (C=O) groups excluding carboxylic acids is 3. The second-order valence-electron chi connectivity index (χ2n) is 2.56. The maximum absolute atomic E-state index is 11.2. The van der Waals surface area contributed by atoms with E-state index < -0.39 is 23.5 Å². The van der Waals surface area contributed by atoms with Crippen LogP contribution in [0, 0.1) is 5.92 Å². The average Bonchev–Trinajstić information content (AvgIpc) is 2.14. The minimum atomic E-state index is -1.40. The van der Waals surface area contributed by atoms with Crippen LogP contribution in [0.15, 0.2) is 12.7 Å². The summed E-state index contributed by atoms with van der Waals surface area (Å²) in [4.78, 5) is 33.2. The smallest absolute Gasteiger partial charge is 0.324 e. The third kappa shape index (κ3) is 3.70. The van der Waals surface area contributed by atoms with Crippen LogP contribution in [0.5, 0.6) is 0 Å². The summed E-state index contributed by atoms with van der Waals surface area (Å²) in [5.74, 6) is -3.86. The van der Waals surface area contributed by atoms with Crippen molar-refractivity contribution in [1.82, 2.24) is 0 Å². The van der Waals surface area contributed by atoms with Crippen molar-refractivity contribution < 1.29 is 19.1 Å². The van der Waals surface area contributed by atoms with Crippen molar-refractivity contribution in [2.75, 3.05) is 12.5 Å². The molecule has 0 aromatic carbocycles. The molecule has 14 heavy (non-hydrogen) atoms. The summed E-state index contributed by atoms with van der Waals surface area (Å²) >= 11 is 5.24. The summed E-state index contributed by atoms with van der Waals surface area (Å²) < 4.78 is 4.58. The molecule has 4 nitrogen and oxygen atoms in total. The zero-order valence-electron chi connectivity index (χ0n) is 7.79. The monoisotopic (exact) mass is 218 g/mol. The van der Waals surface area contributed by atoms with Gasteiger partial charge in [0.15, 0.2) is 17.5 Å². The third-order valence-corrected chi connectivity index (χ3v) is 1.70. The van der Waals surface area contributed by atoms with Crippen LogP contribution in [-0.4, -0.2) is 30.0 Å².